The maximum atomic E-state index is 14.0. The molecule has 40 heavy (non-hydrogen) atoms. The Morgan fingerprint density at radius 2 is 1.48 bits per heavy atom. The number of halogens is 2. The van der Waals surface area contributed by atoms with Crippen LogP contribution in [0.15, 0.2) is 77.7 Å². The van der Waals surface area contributed by atoms with Crippen LogP contribution in [0.3, 0.4) is 0 Å². The first-order chi connectivity index (χ1) is 18.9. The van der Waals surface area contributed by atoms with E-state index >= 15 is 0 Å². The minimum atomic E-state index is -4.25. The van der Waals surface area contributed by atoms with Gasteiger partial charge in [-0.25, -0.2) is 8.42 Å². The fourth-order valence-electron chi connectivity index (χ4n) is 3.96. The number of carbonyl (C=O) groups excluding carboxylic acids is 2. The van der Waals surface area contributed by atoms with Crippen molar-refractivity contribution in [3.8, 4) is 5.75 Å². The molecule has 8 nitrogen and oxygen atoms in total. The van der Waals surface area contributed by atoms with Crippen LogP contribution in [0.1, 0.15) is 33.3 Å². The summed E-state index contributed by atoms with van der Waals surface area (Å²) in [5.41, 5.74) is 0.919. The zero-order chi connectivity index (χ0) is 29.4. The zero-order valence-corrected chi connectivity index (χ0v) is 25.1. The van der Waals surface area contributed by atoms with Gasteiger partial charge in [0.15, 0.2) is 0 Å². The first-order valence-corrected chi connectivity index (χ1v) is 15.0. The lowest BCUT2D eigenvalue weighted by atomic mass is 10.1. The van der Waals surface area contributed by atoms with Crippen molar-refractivity contribution in [1.82, 2.24) is 10.2 Å². The van der Waals surface area contributed by atoms with Gasteiger partial charge in [0.25, 0.3) is 10.0 Å². The molecular weight excluding hydrogens is 573 g/mol. The first-order valence-electron chi connectivity index (χ1n) is 12.8. The minimum Gasteiger partial charge on any atom is -0.492 e. The lowest BCUT2D eigenvalue weighted by molar-refractivity contribution is -0.139. The maximum absolute atomic E-state index is 14.0. The fraction of sp³-hybridized carbons (Fsp3) is 0.310. The Morgan fingerprint density at radius 1 is 0.900 bits per heavy atom. The lowest BCUT2D eigenvalue weighted by Gasteiger charge is -2.32. The van der Waals surface area contributed by atoms with Crippen LogP contribution in [0.4, 0.5) is 5.69 Å². The van der Waals surface area contributed by atoms with Crippen molar-refractivity contribution in [2.75, 3.05) is 17.5 Å². The molecule has 0 aliphatic carbocycles. The molecule has 0 heterocycles. The van der Waals surface area contributed by atoms with Gasteiger partial charge in [-0.15, -0.1) is 0 Å². The van der Waals surface area contributed by atoms with Crippen molar-refractivity contribution in [1.29, 1.82) is 0 Å². The standard InChI is InChI=1S/C29H33Cl2N3O5S/c1-5-39-27-9-7-6-8-26(27)34(40(37,38)25-16-14-24(31)15-17-25)19-28(35)33(21(4)29(36)32-20(2)3)18-22-10-12-23(30)13-11-22/h6-17,20-21H,5,18-19H2,1-4H3,(H,32,36)/t21-/m1/s1. The van der Waals surface area contributed by atoms with E-state index in [1.54, 1.807) is 62.4 Å². The van der Waals surface area contributed by atoms with E-state index in [1.807, 2.05) is 13.8 Å². The van der Waals surface area contributed by atoms with Crippen molar-refractivity contribution in [3.63, 3.8) is 0 Å². The molecule has 0 radical (unpaired) electrons. The van der Waals surface area contributed by atoms with Gasteiger partial charge in [0.2, 0.25) is 11.8 Å². The highest BCUT2D eigenvalue weighted by Gasteiger charge is 2.34. The molecular formula is C29H33Cl2N3O5S. The lowest BCUT2D eigenvalue weighted by Crippen LogP contribution is -2.52. The summed E-state index contributed by atoms with van der Waals surface area (Å²) in [4.78, 5) is 28.3. The molecule has 0 spiro atoms. The van der Waals surface area contributed by atoms with Gasteiger partial charge in [-0.1, -0.05) is 47.5 Å². The topological polar surface area (TPSA) is 96.0 Å². The van der Waals surface area contributed by atoms with E-state index in [0.717, 1.165) is 9.87 Å². The van der Waals surface area contributed by atoms with Gasteiger partial charge in [0, 0.05) is 22.6 Å². The van der Waals surface area contributed by atoms with Crippen molar-refractivity contribution in [2.24, 2.45) is 0 Å². The monoisotopic (exact) mass is 605 g/mol. The molecule has 0 unspecified atom stereocenters. The van der Waals surface area contributed by atoms with E-state index < -0.39 is 28.5 Å². The summed E-state index contributed by atoms with van der Waals surface area (Å²) in [6.45, 7) is 6.80. The minimum absolute atomic E-state index is 0.0501. The van der Waals surface area contributed by atoms with Crippen molar-refractivity contribution in [2.45, 2.75) is 51.2 Å². The highest BCUT2D eigenvalue weighted by Crippen LogP contribution is 2.33. The van der Waals surface area contributed by atoms with E-state index in [9.17, 15) is 18.0 Å². The van der Waals surface area contributed by atoms with Crippen molar-refractivity contribution >= 4 is 50.7 Å². The Hall–Kier alpha value is -3.27. The average molecular weight is 607 g/mol. The highest BCUT2D eigenvalue weighted by molar-refractivity contribution is 7.92. The third-order valence-corrected chi connectivity index (χ3v) is 8.26. The van der Waals surface area contributed by atoms with Gasteiger partial charge in [0.05, 0.1) is 17.2 Å². The number of carbonyl (C=O) groups is 2. The Bertz CT molecular complexity index is 1410. The summed E-state index contributed by atoms with van der Waals surface area (Å²) in [7, 11) is -4.25. The number of ether oxygens (including phenoxy) is 1. The van der Waals surface area contributed by atoms with Crippen LogP contribution in [0.5, 0.6) is 5.75 Å². The molecule has 0 fully saturated rings. The molecule has 1 atom stereocenters. The van der Waals surface area contributed by atoms with Gasteiger partial charge in [-0.05, 0) is 81.8 Å². The third-order valence-electron chi connectivity index (χ3n) is 5.98. The maximum Gasteiger partial charge on any atom is 0.264 e. The number of hydrogen-bond acceptors (Lipinski definition) is 5. The molecule has 2 amide bonds. The normalized spacial score (nSPS) is 12.1. The van der Waals surface area contributed by atoms with Gasteiger partial charge in [-0.3, -0.25) is 13.9 Å². The molecule has 0 saturated carbocycles. The molecule has 3 rings (SSSR count). The van der Waals surface area contributed by atoms with Gasteiger partial charge in [-0.2, -0.15) is 0 Å². The second-order valence-corrected chi connectivity index (χ2v) is 12.1. The number of anilines is 1. The number of para-hydroxylation sites is 2. The van der Waals surface area contributed by atoms with Crippen LogP contribution in [-0.4, -0.2) is 50.4 Å². The molecule has 214 valence electrons. The summed E-state index contributed by atoms with van der Waals surface area (Å²) >= 11 is 12.0. The molecule has 0 aromatic heterocycles. The molecule has 0 saturated heterocycles. The second kappa shape index (κ2) is 13.9. The predicted molar refractivity (Wildman–Crippen MR) is 158 cm³/mol. The Kier molecular flexibility index (Phi) is 10.8. The third kappa shape index (κ3) is 7.90. The van der Waals surface area contributed by atoms with Crippen molar-refractivity contribution in [3.05, 3.63) is 88.4 Å². The zero-order valence-electron chi connectivity index (χ0n) is 22.8. The highest BCUT2D eigenvalue weighted by atomic mass is 35.5. The van der Waals surface area contributed by atoms with Crippen LogP contribution < -0.4 is 14.4 Å². The molecule has 0 bridgehead atoms. The van der Waals surface area contributed by atoms with Crippen LogP contribution in [0.25, 0.3) is 0 Å². The predicted octanol–water partition coefficient (Wildman–Crippen LogP) is 5.53. The van der Waals surface area contributed by atoms with Gasteiger partial charge < -0.3 is 15.0 Å². The van der Waals surface area contributed by atoms with Crippen molar-refractivity contribution < 1.29 is 22.7 Å². The number of hydrogen-bond donors (Lipinski definition) is 1. The summed E-state index contributed by atoms with van der Waals surface area (Å²) in [6, 6.07) is 18.1. The first kappa shape index (κ1) is 31.3. The van der Waals surface area contributed by atoms with E-state index in [2.05, 4.69) is 5.32 Å². The largest absolute Gasteiger partial charge is 0.492 e. The Morgan fingerprint density at radius 3 is 2.05 bits per heavy atom. The number of benzene rings is 3. The van der Waals surface area contributed by atoms with Gasteiger partial charge in [0.1, 0.15) is 18.3 Å². The van der Waals surface area contributed by atoms with E-state index in [0.29, 0.717) is 15.8 Å². The smallest absolute Gasteiger partial charge is 0.264 e. The Labute approximate surface area is 245 Å². The summed E-state index contributed by atoms with van der Waals surface area (Å²) in [5.74, 6) is -0.644. The average Bonchev–Trinajstić information content (AvgIpc) is 2.91. The summed E-state index contributed by atoms with van der Waals surface area (Å²) in [5, 5.41) is 3.73. The van der Waals surface area contributed by atoms with E-state index in [-0.39, 0.29) is 35.7 Å². The second-order valence-electron chi connectivity index (χ2n) is 9.35. The fourth-order valence-corrected chi connectivity index (χ4v) is 5.64. The Balaban J connectivity index is 2.08. The number of sulfonamides is 1. The molecule has 3 aromatic rings. The molecule has 0 aliphatic rings. The quantitative estimate of drug-likeness (QED) is 0.293. The summed E-state index contributed by atoms with van der Waals surface area (Å²) in [6.07, 6.45) is 0. The summed E-state index contributed by atoms with van der Waals surface area (Å²) < 4.78 is 34.7. The SMILES string of the molecule is CCOc1ccccc1N(CC(=O)N(Cc1ccc(Cl)cc1)[C@H](C)C(=O)NC(C)C)S(=O)(=O)c1ccc(Cl)cc1. The van der Waals surface area contributed by atoms with Crippen LogP contribution in [0, 0.1) is 0 Å². The number of rotatable bonds is 12. The number of amides is 2. The van der Waals surface area contributed by atoms with Crippen LogP contribution >= 0.6 is 23.2 Å². The van der Waals surface area contributed by atoms with E-state index in [4.69, 9.17) is 27.9 Å². The number of nitrogens with one attached hydrogen (secondary N) is 1. The molecule has 0 aliphatic heterocycles. The van der Waals surface area contributed by atoms with E-state index in [1.165, 1.54) is 29.2 Å². The van der Waals surface area contributed by atoms with Crippen LogP contribution in [0.2, 0.25) is 10.0 Å². The van der Waals surface area contributed by atoms with Gasteiger partial charge >= 0.3 is 0 Å². The van der Waals surface area contributed by atoms with Crippen LogP contribution in [-0.2, 0) is 26.2 Å². The molecule has 3 aromatic carbocycles. The molecule has 11 heteroatoms. The molecule has 1 N–H and O–H groups in total. The number of nitrogens with zero attached hydrogens (tertiary/aromatic N) is 2.